The molecule has 4 aromatic rings. The van der Waals surface area contributed by atoms with Crippen molar-refractivity contribution in [1.29, 1.82) is 0 Å². The normalized spacial score (nSPS) is 10.8. The number of aromatic nitrogens is 5. The van der Waals surface area contributed by atoms with Crippen molar-refractivity contribution >= 4 is 5.91 Å². The van der Waals surface area contributed by atoms with Crippen LogP contribution in [0.1, 0.15) is 17.0 Å². The topological polar surface area (TPSA) is 94.7 Å². The van der Waals surface area contributed by atoms with Gasteiger partial charge >= 0.3 is 5.69 Å². The van der Waals surface area contributed by atoms with Crippen molar-refractivity contribution in [2.45, 2.75) is 26.9 Å². The molecular weight excluding hydrogens is 404 g/mol. The SMILES string of the molecule is Cc1cc(C)n(CC(=O)NCc2cccc(-c3nn(C)cc3-c3ccncc3)c2)c(=O)n1. The fourth-order valence-corrected chi connectivity index (χ4v) is 3.64. The maximum Gasteiger partial charge on any atom is 0.348 e. The summed E-state index contributed by atoms with van der Waals surface area (Å²) in [5.41, 5.74) is 5.73. The molecule has 0 unspecified atom stereocenters. The Hall–Kier alpha value is -4.07. The highest BCUT2D eigenvalue weighted by Gasteiger charge is 2.13. The highest BCUT2D eigenvalue weighted by molar-refractivity contribution is 5.80. The van der Waals surface area contributed by atoms with Crippen LogP contribution >= 0.6 is 0 Å². The van der Waals surface area contributed by atoms with E-state index in [9.17, 15) is 9.59 Å². The first-order valence-electron chi connectivity index (χ1n) is 10.3. The molecule has 3 aromatic heterocycles. The van der Waals surface area contributed by atoms with Crippen LogP contribution in [0.15, 0.2) is 65.8 Å². The molecule has 3 heterocycles. The van der Waals surface area contributed by atoms with Crippen molar-refractivity contribution in [2.75, 3.05) is 0 Å². The third kappa shape index (κ3) is 4.64. The molecule has 0 radical (unpaired) electrons. The minimum atomic E-state index is -0.418. The molecule has 0 spiro atoms. The first kappa shape index (κ1) is 21.2. The molecule has 0 saturated heterocycles. The van der Waals surface area contributed by atoms with Crippen LogP contribution in [0.3, 0.4) is 0 Å². The Morgan fingerprint density at radius 3 is 2.59 bits per heavy atom. The summed E-state index contributed by atoms with van der Waals surface area (Å²) in [6.07, 6.45) is 5.50. The van der Waals surface area contributed by atoms with Crippen molar-refractivity contribution in [2.24, 2.45) is 7.05 Å². The number of pyridine rings is 1. The number of aryl methyl sites for hydroxylation is 3. The first-order valence-corrected chi connectivity index (χ1v) is 10.3. The van der Waals surface area contributed by atoms with E-state index in [-0.39, 0.29) is 12.5 Å². The fraction of sp³-hybridized carbons (Fsp3) is 0.208. The first-order chi connectivity index (χ1) is 15.4. The van der Waals surface area contributed by atoms with Gasteiger partial charge in [0.1, 0.15) is 12.2 Å². The number of amides is 1. The summed E-state index contributed by atoms with van der Waals surface area (Å²) >= 11 is 0. The van der Waals surface area contributed by atoms with Crippen molar-refractivity contribution in [3.05, 3.63) is 88.5 Å². The van der Waals surface area contributed by atoms with Gasteiger partial charge in [-0.25, -0.2) is 4.79 Å². The molecule has 0 saturated carbocycles. The van der Waals surface area contributed by atoms with Crippen molar-refractivity contribution in [3.63, 3.8) is 0 Å². The smallest absolute Gasteiger partial charge is 0.348 e. The van der Waals surface area contributed by atoms with E-state index in [1.165, 1.54) is 4.57 Å². The predicted molar refractivity (Wildman–Crippen MR) is 122 cm³/mol. The van der Waals surface area contributed by atoms with E-state index in [0.29, 0.717) is 17.9 Å². The van der Waals surface area contributed by atoms with E-state index >= 15 is 0 Å². The molecule has 4 rings (SSSR count). The molecule has 8 nitrogen and oxygen atoms in total. The summed E-state index contributed by atoms with van der Waals surface area (Å²) in [6.45, 7) is 3.83. The minimum absolute atomic E-state index is 0.0654. The van der Waals surface area contributed by atoms with Crippen LogP contribution in [0.2, 0.25) is 0 Å². The molecule has 1 N–H and O–H groups in total. The average molecular weight is 428 g/mol. The highest BCUT2D eigenvalue weighted by atomic mass is 16.2. The van der Waals surface area contributed by atoms with E-state index in [4.69, 9.17) is 0 Å². The summed E-state index contributed by atoms with van der Waals surface area (Å²) < 4.78 is 3.16. The maximum absolute atomic E-state index is 12.5. The van der Waals surface area contributed by atoms with Gasteiger partial charge < -0.3 is 5.32 Å². The Bertz CT molecular complexity index is 1320. The number of carbonyl (C=O) groups is 1. The minimum Gasteiger partial charge on any atom is -0.350 e. The van der Waals surface area contributed by atoms with Gasteiger partial charge in [-0.3, -0.25) is 19.0 Å². The number of hydrogen-bond acceptors (Lipinski definition) is 5. The van der Waals surface area contributed by atoms with Gasteiger partial charge in [-0.05, 0) is 49.2 Å². The molecule has 32 heavy (non-hydrogen) atoms. The lowest BCUT2D eigenvalue weighted by atomic mass is 10.0. The molecule has 0 aliphatic heterocycles. The van der Waals surface area contributed by atoms with Crippen LogP contribution in [0.25, 0.3) is 22.4 Å². The predicted octanol–water partition coefficient (Wildman–Crippen LogP) is 2.64. The number of carbonyl (C=O) groups excluding carboxylic acids is 1. The number of rotatable bonds is 6. The standard InChI is InChI=1S/C24H24N6O2/c1-16-11-17(2)30(24(32)27-16)15-22(31)26-13-18-5-4-6-20(12-18)23-21(14-29(3)28-23)19-7-9-25-10-8-19/h4-12,14H,13,15H2,1-3H3,(H,26,31). The van der Waals surface area contributed by atoms with E-state index in [1.807, 2.05) is 49.6 Å². The third-order valence-electron chi connectivity index (χ3n) is 5.16. The zero-order valence-corrected chi connectivity index (χ0v) is 18.2. The lowest BCUT2D eigenvalue weighted by molar-refractivity contribution is -0.121. The van der Waals surface area contributed by atoms with Crippen molar-refractivity contribution in [3.8, 4) is 22.4 Å². The molecule has 162 valence electrons. The maximum atomic E-state index is 12.5. The second-order valence-corrected chi connectivity index (χ2v) is 7.69. The van der Waals surface area contributed by atoms with Gasteiger partial charge in [0, 0.05) is 54.7 Å². The zero-order valence-electron chi connectivity index (χ0n) is 18.2. The van der Waals surface area contributed by atoms with Gasteiger partial charge in [0.05, 0.1) is 0 Å². The Kier molecular flexibility index (Phi) is 5.93. The van der Waals surface area contributed by atoms with Gasteiger partial charge in [0.15, 0.2) is 0 Å². The number of hydrogen-bond donors (Lipinski definition) is 1. The summed E-state index contributed by atoms with van der Waals surface area (Å²) in [5, 5.41) is 7.53. The zero-order chi connectivity index (χ0) is 22.7. The summed E-state index contributed by atoms with van der Waals surface area (Å²) in [7, 11) is 1.89. The quantitative estimate of drug-likeness (QED) is 0.509. The molecule has 0 atom stereocenters. The number of nitrogens with one attached hydrogen (secondary N) is 1. The lowest BCUT2D eigenvalue weighted by Gasteiger charge is -2.11. The van der Waals surface area contributed by atoms with Gasteiger partial charge in [-0.2, -0.15) is 10.1 Å². The summed E-state index contributed by atoms with van der Waals surface area (Å²) in [5.74, 6) is -0.249. The Balaban J connectivity index is 1.50. The molecule has 1 aromatic carbocycles. The Morgan fingerprint density at radius 2 is 1.84 bits per heavy atom. The van der Waals surface area contributed by atoms with E-state index < -0.39 is 5.69 Å². The van der Waals surface area contributed by atoms with Crippen LogP contribution in [0.5, 0.6) is 0 Å². The summed E-state index contributed by atoms with van der Waals surface area (Å²) in [6, 6.07) is 13.6. The van der Waals surface area contributed by atoms with Crippen LogP contribution < -0.4 is 11.0 Å². The van der Waals surface area contributed by atoms with E-state index in [2.05, 4.69) is 20.4 Å². The third-order valence-corrected chi connectivity index (χ3v) is 5.16. The molecule has 0 bridgehead atoms. The van der Waals surface area contributed by atoms with Crippen molar-refractivity contribution < 1.29 is 4.79 Å². The molecule has 0 fully saturated rings. The number of benzene rings is 1. The van der Waals surface area contributed by atoms with E-state index in [1.54, 1.807) is 37.0 Å². The van der Waals surface area contributed by atoms with Gasteiger partial charge in [0.2, 0.25) is 5.91 Å². The van der Waals surface area contributed by atoms with Crippen LogP contribution in [0.4, 0.5) is 0 Å². The molecule has 0 aliphatic rings. The van der Waals surface area contributed by atoms with Crippen LogP contribution in [-0.2, 0) is 24.9 Å². The lowest BCUT2D eigenvalue weighted by Crippen LogP contribution is -2.34. The molecule has 1 amide bonds. The van der Waals surface area contributed by atoms with Crippen molar-refractivity contribution in [1.82, 2.24) is 29.6 Å². The Labute approximate surface area is 185 Å². The van der Waals surface area contributed by atoms with Crippen LogP contribution in [0, 0.1) is 13.8 Å². The Morgan fingerprint density at radius 1 is 1.06 bits per heavy atom. The highest BCUT2D eigenvalue weighted by Crippen LogP contribution is 2.30. The molecular formula is C24H24N6O2. The summed E-state index contributed by atoms with van der Waals surface area (Å²) in [4.78, 5) is 32.5. The van der Waals surface area contributed by atoms with Crippen LogP contribution in [-0.4, -0.2) is 30.2 Å². The monoisotopic (exact) mass is 428 g/mol. The van der Waals surface area contributed by atoms with Gasteiger partial charge in [-0.1, -0.05) is 18.2 Å². The average Bonchev–Trinajstić information content (AvgIpc) is 3.17. The van der Waals surface area contributed by atoms with Gasteiger partial charge in [0.25, 0.3) is 0 Å². The molecule has 8 heteroatoms. The van der Waals surface area contributed by atoms with E-state index in [0.717, 1.165) is 27.9 Å². The second kappa shape index (κ2) is 8.97. The molecule has 0 aliphatic carbocycles. The van der Waals surface area contributed by atoms with Gasteiger partial charge in [-0.15, -0.1) is 0 Å². The fourth-order valence-electron chi connectivity index (χ4n) is 3.64. The second-order valence-electron chi connectivity index (χ2n) is 7.69. The largest absolute Gasteiger partial charge is 0.350 e. The number of nitrogens with zero attached hydrogens (tertiary/aromatic N) is 5.